The van der Waals surface area contributed by atoms with E-state index in [1.54, 1.807) is 0 Å². The standard InChI is InChI=1S/C12H24BrNO/c1-15-11-12-5-9-14(10-6-12)8-4-2-3-7-13/h12H,2-11H2,1H3. The van der Waals surface area contributed by atoms with Crippen LogP contribution in [0, 0.1) is 5.92 Å². The predicted octanol–water partition coefficient (Wildman–Crippen LogP) is 2.91. The lowest BCUT2D eigenvalue weighted by atomic mass is 9.97. The van der Waals surface area contributed by atoms with Crippen LogP contribution >= 0.6 is 15.9 Å². The Morgan fingerprint density at radius 2 is 1.93 bits per heavy atom. The number of halogens is 1. The molecule has 0 N–H and O–H groups in total. The van der Waals surface area contributed by atoms with Gasteiger partial charge in [0.15, 0.2) is 0 Å². The van der Waals surface area contributed by atoms with Crippen molar-refractivity contribution in [2.75, 3.05) is 38.7 Å². The molecule has 1 aliphatic rings. The monoisotopic (exact) mass is 277 g/mol. The molecule has 90 valence electrons. The second-order valence-corrected chi connectivity index (χ2v) is 5.28. The van der Waals surface area contributed by atoms with Gasteiger partial charge in [0, 0.05) is 19.0 Å². The highest BCUT2D eigenvalue weighted by molar-refractivity contribution is 9.09. The number of methoxy groups -OCH3 is 1. The summed E-state index contributed by atoms with van der Waals surface area (Å²) >= 11 is 3.47. The molecule has 0 aliphatic carbocycles. The Labute approximate surface area is 102 Å². The SMILES string of the molecule is COCC1CCN(CCCCCBr)CC1. The van der Waals surface area contributed by atoms with Gasteiger partial charge in [-0.3, -0.25) is 0 Å². The van der Waals surface area contributed by atoms with Crippen molar-refractivity contribution in [3.8, 4) is 0 Å². The van der Waals surface area contributed by atoms with Crippen LogP contribution in [0.2, 0.25) is 0 Å². The van der Waals surface area contributed by atoms with Crippen molar-refractivity contribution >= 4 is 15.9 Å². The first kappa shape index (κ1) is 13.5. The van der Waals surface area contributed by atoms with E-state index in [9.17, 15) is 0 Å². The molecule has 1 fully saturated rings. The average molecular weight is 278 g/mol. The summed E-state index contributed by atoms with van der Waals surface area (Å²) in [5.74, 6) is 0.814. The Balaban J connectivity index is 1.99. The number of hydrogen-bond donors (Lipinski definition) is 0. The van der Waals surface area contributed by atoms with Gasteiger partial charge in [-0.05, 0) is 51.2 Å². The van der Waals surface area contributed by atoms with Crippen molar-refractivity contribution < 1.29 is 4.74 Å². The summed E-state index contributed by atoms with van der Waals surface area (Å²) in [5.41, 5.74) is 0. The summed E-state index contributed by atoms with van der Waals surface area (Å²) < 4.78 is 5.21. The van der Waals surface area contributed by atoms with E-state index in [0.717, 1.165) is 17.9 Å². The Hall–Kier alpha value is 0.400. The zero-order valence-electron chi connectivity index (χ0n) is 9.88. The maximum Gasteiger partial charge on any atom is 0.0491 e. The molecule has 0 spiro atoms. The van der Waals surface area contributed by atoms with Crippen molar-refractivity contribution in [3.63, 3.8) is 0 Å². The summed E-state index contributed by atoms with van der Waals surface area (Å²) in [7, 11) is 1.81. The van der Waals surface area contributed by atoms with Gasteiger partial charge in [-0.1, -0.05) is 22.4 Å². The van der Waals surface area contributed by atoms with E-state index in [0.29, 0.717) is 0 Å². The minimum atomic E-state index is 0.814. The first-order valence-electron chi connectivity index (χ1n) is 6.14. The van der Waals surface area contributed by atoms with Gasteiger partial charge >= 0.3 is 0 Å². The van der Waals surface area contributed by atoms with Gasteiger partial charge in [-0.2, -0.15) is 0 Å². The van der Waals surface area contributed by atoms with Crippen molar-refractivity contribution in [2.24, 2.45) is 5.92 Å². The maximum absolute atomic E-state index is 5.21. The zero-order valence-corrected chi connectivity index (χ0v) is 11.5. The molecule has 0 unspecified atom stereocenters. The summed E-state index contributed by atoms with van der Waals surface area (Å²) in [6.07, 6.45) is 6.70. The summed E-state index contributed by atoms with van der Waals surface area (Å²) in [5, 5.41) is 1.16. The fourth-order valence-corrected chi connectivity index (χ4v) is 2.62. The molecule has 0 bridgehead atoms. The van der Waals surface area contributed by atoms with Crippen molar-refractivity contribution in [3.05, 3.63) is 0 Å². The number of alkyl halides is 1. The van der Waals surface area contributed by atoms with Gasteiger partial charge < -0.3 is 9.64 Å². The summed E-state index contributed by atoms with van der Waals surface area (Å²) in [6, 6.07) is 0. The van der Waals surface area contributed by atoms with Gasteiger partial charge in [0.25, 0.3) is 0 Å². The third kappa shape index (κ3) is 5.88. The molecule has 0 radical (unpaired) electrons. The van der Waals surface area contributed by atoms with E-state index in [1.165, 1.54) is 51.7 Å². The van der Waals surface area contributed by atoms with Crippen LogP contribution in [0.3, 0.4) is 0 Å². The number of ether oxygens (including phenoxy) is 1. The third-order valence-corrected chi connectivity index (χ3v) is 3.78. The first-order valence-corrected chi connectivity index (χ1v) is 7.26. The fraction of sp³-hybridized carbons (Fsp3) is 1.00. The number of likely N-dealkylation sites (tertiary alicyclic amines) is 1. The smallest absolute Gasteiger partial charge is 0.0491 e. The van der Waals surface area contributed by atoms with Crippen LogP contribution in [-0.4, -0.2) is 43.6 Å². The minimum absolute atomic E-state index is 0.814. The van der Waals surface area contributed by atoms with Gasteiger partial charge in [0.05, 0.1) is 0 Å². The Kier molecular flexibility index (Phi) is 7.67. The van der Waals surface area contributed by atoms with Crippen LogP contribution in [0.5, 0.6) is 0 Å². The van der Waals surface area contributed by atoms with E-state index >= 15 is 0 Å². The Morgan fingerprint density at radius 3 is 2.53 bits per heavy atom. The molecule has 0 aromatic rings. The quantitative estimate of drug-likeness (QED) is 0.524. The van der Waals surface area contributed by atoms with Gasteiger partial charge in [-0.15, -0.1) is 0 Å². The van der Waals surface area contributed by atoms with E-state index in [-0.39, 0.29) is 0 Å². The Morgan fingerprint density at radius 1 is 1.20 bits per heavy atom. The lowest BCUT2D eigenvalue weighted by molar-refractivity contribution is 0.0988. The molecular formula is C12H24BrNO. The average Bonchev–Trinajstić information content (AvgIpc) is 2.27. The second-order valence-electron chi connectivity index (χ2n) is 4.49. The van der Waals surface area contributed by atoms with E-state index in [4.69, 9.17) is 4.74 Å². The summed E-state index contributed by atoms with van der Waals surface area (Å²) in [4.78, 5) is 2.61. The molecule has 0 atom stereocenters. The molecule has 0 saturated carbocycles. The zero-order chi connectivity index (χ0) is 10.9. The largest absolute Gasteiger partial charge is 0.384 e. The number of rotatable bonds is 7. The Bertz CT molecular complexity index is 144. The van der Waals surface area contributed by atoms with E-state index in [2.05, 4.69) is 20.8 Å². The molecule has 1 aliphatic heterocycles. The molecule has 3 heteroatoms. The highest BCUT2D eigenvalue weighted by Crippen LogP contribution is 2.17. The van der Waals surface area contributed by atoms with Gasteiger partial charge in [-0.25, -0.2) is 0 Å². The van der Waals surface area contributed by atoms with Gasteiger partial charge in [0.2, 0.25) is 0 Å². The van der Waals surface area contributed by atoms with Gasteiger partial charge in [0.1, 0.15) is 0 Å². The lowest BCUT2D eigenvalue weighted by Crippen LogP contribution is -2.35. The van der Waals surface area contributed by atoms with E-state index < -0.39 is 0 Å². The number of unbranched alkanes of at least 4 members (excludes halogenated alkanes) is 2. The third-order valence-electron chi connectivity index (χ3n) is 3.22. The molecule has 1 saturated heterocycles. The lowest BCUT2D eigenvalue weighted by Gasteiger charge is -2.31. The maximum atomic E-state index is 5.21. The van der Waals surface area contributed by atoms with Crippen LogP contribution in [-0.2, 0) is 4.74 Å². The predicted molar refractivity (Wildman–Crippen MR) is 68.7 cm³/mol. The van der Waals surface area contributed by atoms with Crippen molar-refractivity contribution in [1.29, 1.82) is 0 Å². The highest BCUT2D eigenvalue weighted by Gasteiger charge is 2.18. The topological polar surface area (TPSA) is 12.5 Å². The van der Waals surface area contributed by atoms with Crippen LogP contribution in [0.15, 0.2) is 0 Å². The number of hydrogen-bond acceptors (Lipinski definition) is 2. The number of piperidine rings is 1. The molecular weight excluding hydrogens is 254 g/mol. The normalized spacial score (nSPS) is 19.6. The molecule has 0 aromatic heterocycles. The number of nitrogens with zero attached hydrogens (tertiary/aromatic N) is 1. The van der Waals surface area contributed by atoms with Crippen molar-refractivity contribution in [2.45, 2.75) is 32.1 Å². The fourth-order valence-electron chi connectivity index (χ4n) is 2.22. The minimum Gasteiger partial charge on any atom is -0.384 e. The van der Waals surface area contributed by atoms with Crippen LogP contribution in [0.4, 0.5) is 0 Å². The molecule has 0 aromatic carbocycles. The van der Waals surface area contributed by atoms with E-state index in [1.807, 2.05) is 7.11 Å². The molecule has 0 amide bonds. The highest BCUT2D eigenvalue weighted by atomic mass is 79.9. The molecule has 1 rings (SSSR count). The molecule has 2 nitrogen and oxygen atoms in total. The second kappa shape index (κ2) is 8.54. The van der Waals surface area contributed by atoms with Crippen molar-refractivity contribution in [1.82, 2.24) is 4.90 Å². The van der Waals surface area contributed by atoms with Crippen LogP contribution in [0.25, 0.3) is 0 Å². The molecule has 1 heterocycles. The van der Waals surface area contributed by atoms with Crippen LogP contribution < -0.4 is 0 Å². The first-order chi connectivity index (χ1) is 7.36. The summed E-state index contributed by atoms with van der Waals surface area (Å²) in [6.45, 7) is 4.81. The molecule has 15 heavy (non-hydrogen) atoms. The van der Waals surface area contributed by atoms with Crippen LogP contribution in [0.1, 0.15) is 32.1 Å².